The van der Waals surface area contributed by atoms with Crippen LogP contribution in [0, 0.1) is 17.3 Å². The summed E-state index contributed by atoms with van der Waals surface area (Å²) in [5.74, 6) is 2.13. The van der Waals surface area contributed by atoms with Crippen LogP contribution in [0.4, 0.5) is 0 Å². The fourth-order valence-electron chi connectivity index (χ4n) is 3.68. The van der Waals surface area contributed by atoms with Crippen LogP contribution >= 0.6 is 0 Å². The Morgan fingerprint density at radius 3 is 2.31 bits per heavy atom. The first-order valence-corrected chi connectivity index (χ1v) is 6.18. The molecule has 76 valence electrons. The Hall–Kier alpha value is 0. The Morgan fingerprint density at radius 1 is 1.15 bits per heavy atom. The maximum atomic E-state index is 2.50. The van der Waals surface area contributed by atoms with Crippen LogP contribution in [-0.2, 0) is 0 Å². The fraction of sp³-hybridized carbons (Fsp3) is 1.00. The Morgan fingerprint density at radius 2 is 1.77 bits per heavy atom. The molecule has 0 aliphatic heterocycles. The molecule has 0 saturated heterocycles. The summed E-state index contributed by atoms with van der Waals surface area (Å²) in [5, 5.41) is 0. The van der Waals surface area contributed by atoms with Crippen molar-refractivity contribution in [2.24, 2.45) is 17.3 Å². The molecule has 0 aromatic rings. The van der Waals surface area contributed by atoms with Gasteiger partial charge < -0.3 is 0 Å². The quantitative estimate of drug-likeness (QED) is 0.604. The van der Waals surface area contributed by atoms with Crippen LogP contribution in [0.25, 0.3) is 0 Å². The van der Waals surface area contributed by atoms with Gasteiger partial charge in [-0.2, -0.15) is 0 Å². The molecular weight excluding hydrogens is 156 g/mol. The SMILES string of the molecule is CC1CC(C)(CCC2CCCC2)C1. The highest BCUT2D eigenvalue weighted by atomic mass is 14.4. The van der Waals surface area contributed by atoms with E-state index in [2.05, 4.69) is 13.8 Å². The Bertz CT molecular complexity index is 159. The summed E-state index contributed by atoms with van der Waals surface area (Å²) in [6.07, 6.45) is 12.1. The van der Waals surface area contributed by atoms with Crippen molar-refractivity contribution in [3.63, 3.8) is 0 Å². The molecule has 0 heterocycles. The first-order chi connectivity index (χ1) is 6.18. The van der Waals surface area contributed by atoms with E-state index in [4.69, 9.17) is 0 Å². The lowest BCUT2D eigenvalue weighted by Crippen LogP contribution is -2.33. The van der Waals surface area contributed by atoms with Gasteiger partial charge in [-0.05, 0) is 42.9 Å². The first kappa shape index (κ1) is 9.55. The molecule has 0 unspecified atom stereocenters. The van der Waals surface area contributed by atoms with Gasteiger partial charge in [0.05, 0.1) is 0 Å². The minimum Gasteiger partial charge on any atom is -0.0625 e. The lowest BCUT2D eigenvalue weighted by atomic mass is 9.61. The summed E-state index contributed by atoms with van der Waals surface area (Å²) >= 11 is 0. The molecule has 0 nitrogen and oxygen atoms in total. The van der Waals surface area contributed by atoms with Gasteiger partial charge in [-0.3, -0.25) is 0 Å². The molecule has 0 aromatic heterocycles. The molecule has 0 radical (unpaired) electrons. The molecule has 2 rings (SSSR count). The standard InChI is InChI=1S/C13H24/c1-11-9-13(2,10-11)8-7-12-5-3-4-6-12/h11-12H,3-10H2,1-2H3. The zero-order chi connectivity index (χ0) is 9.31. The maximum Gasteiger partial charge on any atom is -0.0321 e. The molecule has 0 bridgehead atoms. The summed E-state index contributed by atoms with van der Waals surface area (Å²) in [6, 6.07) is 0. The zero-order valence-corrected chi connectivity index (χ0v) is 9.31. The van der Waals surface area contributed by atoms with Crippen molar-refractivity contribution in [2.45, 2.75) is 65.2 Å². The van der Waals surface area contributed by atoms with Crippen molar-refractivity contribution in [1.29, 1.82) is 0 Å². The van der Waals surface area contributed by atoms with E-state index >= 15 is 0 Å². The Kier molecular flexibility index (Phi) is 2.67. The normalized spacial score (nSPS) is 40.6. The van der Waals surface area contributed by atoms with Crippen LogP contribution in [0.5, 0.6) is 0 Å². The third-order valence-corrected chi connectivity index (χ3v) is 4.31. The van der Waals surface area contributed by atoms with E-state index in [1.165, 1.54) is 51.4 Å². The third kappa shape index (κ3) is 2.27. The van der Waals surface area contributed by atoms with Crippen molar-refractivity contribution >= 4 is 0 Å². The predicted octanol–water partition coefficient (Wildman–Crippen LogP) is 4.39. The highest BCUT2D eigenvalue weighted by molar-refractivity contribution is 4.88. The topological polar surface area (TPSA) is 0 Å². The van der Waals surface area contributed by atoms with E-state index in [0.717, 1.165) is 17.3 Å². The van der Waals surface area contributed by atoms with Crippen LogP contribution in [0.3, 0.4) is 0 Å². The average Bonchev–Trinajstić information content (AvgIpc) is 2.50. The molecule has 2 fully saturated rings. The van der Waals surface area contributed by atoms with Crippen molar-refractivity contribution in [2.75, 3.05) is 0 Å². The second kappa shape index (κ2) is 3.63. The number of rotatable bonds is 3. The lowest BCUT2D eigenvalue weighted by Gasteiger charge is -2.44. The fourth-order valence-corrected chi connectivity index (χ4v) is 3.68. The minimum atomic E-state index is 0.752. The molecule has 0 amide bonds. The molecule has 2 aliphatic rings. The minimum absolute atomic E-state index is 0.752. The van der Waals surface area contributed by atoms with Gasteiger partial charge in [0.15, 0.2) is 0 Å². The third-order valence-electron chi connectivity index (χ3n) is 4.31. The van der Waals surface area contributed by atoms with E-state index in [-0.39, 0.29) is 0 Å². The largest absolute Gasteiger partial charge is 0.0625 e. The summed E-state index contributed by atoms with van der Waals surface area (Å²) < 4.78 is 0. The van der Waals surface area contributed by atoms with Gasteiger partial charge in [0.25, 0.3) is 0 Å². The van der Waals surface area contributed by atoms with E-state index in [1.54, 1.807) is 0 Å². The van der Waals surface area contributed by atoms with Crippen molar-refractivity contribution in [3.8, 4) is 0 Å². The zero-order valence-electron chi connectivity index (χ0n) is 9.31. The van der Waals surface area contributed by atoms with Crippen LogP contribution in [0.15, 0.2) is 0 Å². The van der Waals surface area contributed by atoms with Crippen molar-refractivity contribution < 1.29 is 0 Å². The maximum absolute atomic E-state index is 2.50. The lowest BCUT2D eigenvalue weighted by molar-refractivity contribution is 0.0694. The monoisotopic (exact) mass is 180 g/mol. The van der Waals surface area contributed by atoms with Gasteiger partial charge >= 0.3 is 0 Å². The first-order valence-electron chi connectivity index (χ1n) is 6.18. The van der Waals surface area contributed by atoms with Crippen molar-refractivity contribution in [1.82, 2.24) is 0 Å². The van der Waals surface area contributed by atoms with Crippen LogP contribution in [0.1, 0.15) is 65.2 Å². The number of hydrogen-bond donors (Lipinski definition) is 0. The average molecular weight is 180 g/mol. The highest BCUT2D eigenvalue weighted by Gasteiger charge is 2.37. The smallest absolute Gasteiger partial charge is 0.0321 e. The van der Waals surface area contributed by atoms with Gasteiger partial charge in [-0.25, -0.2) is 0 Å². The Labute approximate surface area is 83.1 Å². The summed E-state index contributed by atoms with van der Waals surface area (Å²) in [7, 11) is 0. The molecule has 0 aromatic carbocycles. The molecule has 0 N–H and O–H groups in total. The van der Waals surface area contributed by atoms with Crippen LogP contribution in [-0.4, -0.2) is 0 Å². The van der Waals surface area contributed by atoms with Gasteiger partial charge in [-0.1, -0.05) is 39.5 Å². The second-order valence-corrected chi connectivity index (χ2v) is 6.01. The summed E-state index contributed by atoms with van der Waals surface area (Å²) in [6.45, 7) is 4.90. The molecule has 0 heteroatoms. The van der Waals surface area contributed by atoms with E-state index < -0.39 is 0 Å². The van der Waals surface area contributed by atoms with Crippen molar-refractivity contribution in [3.05, 3.63) is 0 Å². The van der Waals surface area contributed by atoms with Gasteiger partial charge in [-0.15, -0.1) is 0 Å². The second-order valence-electron chi connectivity index (χ2n) is 6.01. The van der Waals surface area contributed by atoms with Gasteiger partial charge in [0, 0.05) is 0 Å². The molecule has 2 aliphatic carbocycles. The molecule has 2 saturated carbocycles. The van der Waals surface area contributed by atoms with Crippen LogP contribution in [0.2, 0.25) is 0 Å². The van der Waals surface area contributed by atoms with E-state index in [9.17, 15) is 0 Å². The number of hydrogen-bond acceptors (Lipinski definition) is 0. The molecular formula is C13H24. The van der Waals surface area contributed by atoms with Gasteiger partial charge in [0.2, 0.25) is 0 Å². The highest BCUT2D eigenvalue weighted by Crippen LogP contribution is 2.49. The van der Waals surface area contributed by atoms with E-state index in [0.29, 0.717) is 0 Å². The summed E-state index contributed by atoms with van der Waals surface area (Å²) in [5.41, 5.74) is 0.752. The molecule has 0 spiro atoms. The Balaban J connectivity index is 1.67. The summed E-state index contributed by atoms with van der Waals surface area (Å²) in [4.78, 5) is 0. The molecule has 0 atom stereocenters. The van der Waals surface area contributed by atoms with Crippen LogP contribution < -0.4 is 0 Å². The molecule has 13 heavy (non-hydrogen) atoms. The van der Waals surface area contributed by atoms with E-state index in [1.807, 2.05) is 0 Å². The van der Waals surface area contributed by atoms with Gasteiger partial charge in [0.1, 0.15) is 0 Å². The predicted molar refractivity (Wildman–Crippen MR) is 57.7 cm³/mol.